The molecular weight excluding hydrogens is 316 g/mol. The molecule has 0 aliphatic rings. The summed E-state index contributed by atoms with van der Waals surface area (Å²) in [6, 6.07) is 17.3. The van der Waals surface area contributed by atoms with Crippen LogP contribution in [0.25, 0.3) is 16.9 Å². The molecule has 6 nitrogen and oxygen atoms in total. The second-order valence-corrected chi connectivity index (χ2v) is 5.54. The van der Waals surface area contributed by atoms with Gasteiger partial charge in [-0.1, -0.05) is 18.2 Å². The predicted octanol–water partition coefficient (Wildman–Crippen LogP) is 2.85. The van der Waals surface area contributed by atoms with Crippen molar-refractivity contribution < 1.29 is 9.53 Å². The molecule has 1 aromatic heterocycles. The minimum absolute atomic E-state index is 0.259. The fraction of sp³-hybridized carbons (Fsp3) is 0.158. The Balaban J connectivity index is 2.12. The van der Waals surface area contributed by atoms with E-state index in [1.807, 2.05) is 62.4 Å². The lowest BCUT2D eigenvalue weighted by molar-refractivity contribution is 0.0948. The third kappa shape index (κ3) is 3.39. The maximum Gasteiger partial charge on any atom is 0.285 e. The standard InChI is InChI=1S/C19H20N4O2/c1-3-25-15-10-8-14(9-11-15)18-12-16(19(24)21-20)22-23(18)17-7-5-4-6-13(17)2/h4-12H,3,20H2,1-2H3,(H,21,24). The third-order valence-corrected chi connectivity index (χ3v) is 3.88. The van der Waals surface area contributed by atoms with Crippen LogP contribution in [0.5, 0.6) is 5.75 Å². The molecule has 3 N–H and O–H groups in total. The molecule has 0 radical (unpaired) electrons. The minimum Gasteiger partial charge on any atom is -0.494 e. The highest BCUT2D eigenvalue weighted by molar-refractivity contribution is 5.93. The summed E-state index contributed by atoms with van der Waals surface area (Å²) in [7, 11) is 0. The first-order chi connectivity index (χ1) is 12.1. The molecule has 0 saturated heterocycles. The number of carbonyl (C=O) groups is 1. The monoisotopic (exact) mass is 336 g/mol. The van der Waals surface area contributed by atoms with Crippen molar-refractivity contribution in [2.24, 2.45) is 5.84 Å². The highest BCUT2D eigenvalue weighted by atomic mass is 16.5. The number of amides is 1. The van der Waals surface area contributed by atoms with Crippen molar-refractivity contribution in [3.63, 3.8) is 0 Å². The Morgan fingerprint density at radius 1 is 1.20 bits per heavy atom. The lowest BCUT2D eigenvalue weighted by Gasteiger charge is -2.11. The predicted molar refractivity (Wildman–Crippen MR) is 96.6 cm³/mol. The third-order valence-electron chi connectivity index (χ3n) is 3.88. The van der Waals surface area contributed by atoms with Crippen LogP contribution in [0.3, 0.4) is 0 Å². The average molecular weight is 336 g/mol. The number of ether oxygens (including phenoxy) is 1. The number of aryl methyl sites for hydroxylation is 1. The van der Waals surface area contributed by atoms with Gasteiger partial charge in [0.15, 0.2) is 5.69 Å². The first kappa shape index (κ1) is 16.7. The van der Waals surface area contributed by atoms with Gasteiger partial charge in [-0.3, -0.25) is 10.2 Å². The molecule has 3 aromatic rings. The van der Waals surface area contributed by atoms with Crippen molar-refractivity contribution in [2.45, 2.75) is 13.8 Å². The summed E-state index contributed by atoms with van der Waals surface area (Å²) in [5.41, 5.74) is 6.08. The maximum absolute atomic E-state index is 11.9. The van der Waals surface area contributed by atoms with E-state index in [2.05, 4.69) is 10.5 Å². The Morgan fingerprint density at radius 2 is 1.92 bits per heavy atom. The van der Waals surface area contributed by atoms with E-state index >= 15 is 0 Å². The molecule has 2 aromatic carbocycles. The summed E-state index contributed by atoms with van der Waals surface area (Å²) >= 11 is 0. The van der Waals surface area contributed by atoms with Crippen LogP contribution in [-0.4, -0.2) is 22.3 Å². The van der Waals surface area contributed by atoms with Gasteiger partial charge in [-0.25, -0.2) is 10.5 Å². The zero-order chi connectivity index (χ0) is 17.8. The molecule has 0 unspecified atom stereocenters. The number of aromatic nitrogens is 2. The number of rotatable bonds is 5. The number of hydrogen-bond acceptors (Lipinski definition) is 4. The fourth-order valence-corrected chi connectivity index (χ4v) is 2.64. The van der Waals surface area contributed by atoms with Gasteiger partial charge in [0.05, 0.1) is 18.0 Å². The number of nitrogens with one attached hydrogen (secondary N) is 1. The Labute approximate surface area is 146 Å². The van der Waals surface area contributed by atoms with Crippen LogP contribution in [0.4, 0.5) is 0 Å². The molecule has 6 heteroatoms. The van der Waals surface area contributed by atoms with Crippen molar-refractivity contribution in [1.29, 1.82) is 0 Å². The van der Waals surface area contributed by atoms with Crippen molar-refractivity contribution in [3.05, 3.63) is 65.9 Å². The van der Waals surface area contributed by atoms with Gasteiger partial charge in [0, 0.05) is 5.56 Å². The summed E-state index contributed by atoms with van der Waals surface area (Å²) in [5.74, 6) is 5.63. The maximum atomic E-state index is 11.9. The number of hydrogen-bond donors (Lipinski definition) is 2. The summed E-state index contributed by atoms with van der Waals surface area (Å²) in [6.07, 6.45) is 0. The molecule has 0 fully saturated rings. The number of hydrazine groups is 1. The fourth-order valence-electron chi connectivity index (χ4n) is 2.64. The quantitative estimate of drug-likeness (QED) is 0.426. The molecule has 0 spiro atoms. The van der Waals surface area contributed by atoms with Crippen LogP contribution in [0.2, 0.25) is 0 Å². The van der Waals surface area contributed by atoms with E-state index in [0.29, 0.717) is 6.61 Å². The Morgan fingerprint density at radius 3 is 2.56 bits per heavy atom. The van der Waals surface area contributed by atoms with E-state index in [0.717, 1.165) is 28.3 Å². The Bertz CT molecular complexity index is 885. The van der Waals surface area contributed by atoms with E-state index in [9.17, 15) is 4.79 Å². The molecular formula is C19H20N4O2. The topological polar surface area (TPSA) is 82.2 Å². The van der Waals surface area contributed by atoms with Gasteiger partial charge in [0.1, 0.15) is 5.75 Å². The van der Waals surface area contributed by atoms with Crippen LogP contribution in [-0.2, 0) is 0 Å². The van der Waals surface area contributed by atoms with Crippen molar-refractivity contribution >= 4 is 5.91 Å². The number of nitrogens with two attached hydrogens (primary N) is 1. The molecule has 0 atom stereocenters. The lowest BCUT2D eigenvalue weighted by atomic mass is 10.1. The number of benzene rings is 2. The molecule has 1 amide bonds. The highest BCUT2D eigenvalue weighted by Crippen LogP contribution is 2.27. The molecule has 0 saturated carbocycles. The van der Waals surface area contributed by atoms with Crippen LogP contribution >= 0.6 is 0 Å². The Kier molecular flexibility index (Phi) is 4.81. The minimum atomic E-state index is -0.431. The van der Waals surface area contributed by atoms with Crippen LogP contribution in [0.1, 0.15) is 23.0 Å². The van der Waals surface area contributed by atoms with E-state index in [-0.39, 0.29) is 5.69 Å². The van der Waals surface area contributed by atoms with Gasteiger partial charge in [-0.15, -0.1) is 0 Å². The molecule has 0 aliphatic heterocycles. The average Bonchev–Trinajstić information content (AvgIpc) is 3.07. The van der Waals surface area contributed by atoms with Crippen LogP contribution < -0.4 is 16.0 Å². The first-order valence-electron chi connectivity index (χ1n) is 8.04. The van der Waals surface area contributed by atoms with Crippen LogP contribution in [0.15, 0.2) is 54.6 Å². The number of carbonyl (C=O) groups excluding carboxylic acids is 1. The first-order valence-corrected chi connectivity index (χ1v) is 8.04. The largest absolute Gasteiger partial charge is 0.494 e. The number of nitrogen functional groups attached to an aromatic ring is 1. The zero-order valence-corrected chi connectivity index (χ0v) is 14.2. The van der Waals surface area contributed by atoms with Gasteiger partial charge in [-0.05, 0) is 55.8 Å². The van der Waals surface area contributed by atoms with E-state index in [4.69, 9.17) is 10.6 Å². The normalized spacial score (nSPS) is 10.5. The van der Waals surface area contributed by atoms with Gasteiger partial charge in [0.25, 0.3) is 5.91 Å². The summed E-state index contributed by atoms with van der Waals surface area (Å²) in [5, 5.41) is 4.44. The molecule has 1 heterocycles. The molecule has 3 rings (SSSR count). The van der Waals surface area contributed by atoms with Gasteiger partial charge in [0.2, 0.25) is 0 Å². The second-order valence-electron chi connectivity index (χ2n) is 5.54. The van der Waals surface area contributed by atoms with Gasteiger partial charge in [-0.2, -0.15) is 5.10 Å². The number of para-hydroxylation sites is 1. The molecule has 25 heavy (non-hydrogen) atoms. The van der Waals surface area contributed by atoms with E-state index < -0.39 is 5.91 Å². The molecule has 0 aliphatic carbocycles. The molecule has 128 valence electrons. The number of nitrogens with zero attached hydrogens (tertiary/aromatic N) is 2. The van der Waals surface area contributed by atoms with Gasteiger partial charge >= 0.3 is 0 Å². The van der Waals surface area contributed by atoms with Crippen molar-refractivity contribution in [2.75, 3.05) is 6.61 Å². The Hall–Kier alpha value is -3.12. The summed E-state index contributed by atoms with van der Waals surface area (Å²) < 4.78 is 7.25. The zero-order valence-electron chi connectivity index (χ0n) is 14.2. The van der Waals surface area contributed by atoms with Crippen molar-refractivity contribution in [1.82, 2.24) is 15.2 Å². The SMILES string of the molecule is CCOc1ccc(-c2cc(C(=O)NN)nn2-c2ccccc2C)cc1. The van der Waals surface area contributed by atoms with Crippen LogP contribution in [0, 0.1) is 6.92 Å². The van der Waals surface area contributed by atoms with Gasteiger partial charge < -0.3 is 4.74 Å². The van der Waals surface area contributed by atoms with Crippen molar-refractivity contribution in [3.8, 4) is 22.7 Å². The van der Waals surface area contributed by atoms with E-state index in [1.54, 1.807) is 10.7 Å². The lowest BCUT2D eigenvalue weighted by Crippen LogP contribution is -2.30. The van der Waals surface area contributed by atoms with E-state index in [1.165, 1.54) is 0 Å². The molecule has 0 bridgehead atoms. The smallest absolute Gasteiger partial charge is 0.285 e. The summed E-state index contributed by atoms with van der Waals surface area (Å²) in [6.45, 7) is 4.56. The highest BCUT2D eigenvalue weighted by Gasteiger charge is 2.17. The second kappa shape index (κ2) is 7.19. The summed E-state index contributed by atoms with van der Waals surface area (Å²) in [4.78, 5) is 11.9.